The van der Waals surface area contributed by atoms with Crippen molar-refractivity contribution in [2.75, 3.05) is 7.05 Å². The lowest BCUT2D eigenvalue weighted by Crippen LogP contribution is -2.35. The van der Waals surface area contributed by atoms with Crippen molar-refractivity contribution in [1.82, 2.24) is 9.47 Å². The molecule has 0 radical (unpaired) electrons. The van der Waals surface area contributed by atoms with Gasteiger partial charge in [0, 0.05) is 35.8 Å². The zero-order valence-corrected chi connectivity index (χ0v) is 12.8. The molecule has 0 atom stereocenters. The summed E-state index contributed by atoms with van der Waals surface area (Å²) >= 11 is 4.97. The van der Waals surface area contributed by atoms with Gasteiger partial charge in [0.05, 0.1) is 0 Å². The Kier molecular flexibility index (Phi) is 4.09. The summed E-state index contributed by atoms with van der Waals surface area (Å²) in [6.45, 7) is 4.34. The van der Waals surface area contributed by atoms with E-state index in [2.05, 4.69) is 0 Å². The van der Waals surface area contributed by atoms with Gasteiger partial charge in [-0.25, -0.2) is 0 Å². The van der Waals surface area contributed by atoms with Crippen molar-refractivity contribution >= 4 is 34.0 Å². The quantitative estimate of drug-likeness (QED) is 0.877. The number of hydrogen-bond acceptors (Lipinski definition) is 2. The monoisotopic (exact) mass is 289 g/mol. The van der Waals surface area contributed by atoms with Gasteiger partial charge in [-0.1, -0.05) is 12.2 Å². The molecule has 106 valence electrons. The number of carbonyl (C=O) groups is 1. The van der Waals surface area contributed by atoms with Gasteiger partial charge >= 0.3 is 0 Å². The van der Waals surface area contributed by atoms with Crippen LogP contribution in [0.2, 0.25) is 0 Å². The molecule has 0 bridgehead atoms. The number of hydrogen-bond donors (Lipinski definition) is 1. The summed E-state index contributed by atoms with van der Waals surface area (Å²) in [5.41, 5.74) is 7.48. The van der Waals surface area contributed by atoms with Crippen molar-refractivity contribution in [3.63, 3.8) is 0 Å². The molecule has 0 saturated heterocycles. The predicted octanol–water partition coefficient (Wildman–Crippen LogP) is 2.14. The Hall–Kier alpha value is -1.88. The summed E-state index contributed by atoms with van der Waals surface area (Å²) in [5.74, 6) is 0.0934. The maximum absolute atomic E-state index is 12.1. The third-order valence-corrected chi connectivity index (χ3v) is 3.76. The Balaban J connectivity index is 2.28. The van der Waals surface area contributed by atoms with Gasteiger partial charge in [0.25, 0.3) is 0 Å². The second-order valence-corrected chi connectivity index (χ2v) is 5.62. The van der Waals surface area contributed by atoms with Gasteiger partial charge in [0.1, 0.15) is 11.5 Å². The normalized spacial score (nSPS) is 11.0. The third-order valence-electron chi connectivity index (χ3n) is 3.53. The van der Waals surface area contributed by atoms with Crippen LogP contribution >= 0.6 is 12.2 Å². The first-order valence-electron chi connectivity index (χ1n) is 6.54. The minimum atomic E-state index is 0.0934. The smallest absolute Gasteiger partial charge is 0.242 e. The van der Waals surface area contributed by atoms with Crippen LogP contribution < -0.4 is 5.73 Å². The number of thiocarbonyl (C=S) groups is 1. The van der Waals surface area contributed by atoms with Gasteiger partial charge in [-0.05, 0) is 38.1 Å². The molecule has 0 aliphatic heterocycles. The second-order valence-electron chi connectivity index (χ2n) is 5.18. The average molecular weight is 289 g/mol. The van der Waals surface area contributed by atoms with Crippen LogP contribution in [0, 0.1) is 0 Å². The van der Waals surface area contributed by atoms with E-state index in [1.165, 1.54) is 0 Å². The topological polar surface area (TPSA) is 51.3 Å². The fourth-order valence-corrected chi connectivity index (χ4v) is 2.16. The van der Waals surface area contributed by atoms with E-state index in [1.807, 2.05) is 55.9 Å². The molecule has 1 heterocycles. The van der Waals surface area contributed by atoms with E-state index in [9.17, 15) is 4.79 Å². The minimum absolute atomic E-state index is 0.0934. The van der Waals surface area contributed by atoms with Crippen molar-refractivity contribution in [2.24, 2.45) is 5.73 Å². The molecular weight excluding hydrogens is 270 g/mol. The Morgan fingerprint density at radius 3 is 2.70 bits per heavy atom. The van der Waals surface area contributed by atoms with Gasteiger partial charge in [-0.2, -0.15) is 0 Å². The Morgan fingerprint density at radius 1 is 1.40 bits per heavy atom. The van der Waals surface area contributed by atoms with E-state index in [0.29, 0.717) is 11.5 Å². The Labute approximate surface area is 124 Å². The molecule has 2 rings (SSSR count). The molecule has 4 nitrogen and oxygen atoms in total. The van der Waals surface area contributed by atoms with Gasteiger partial charge in [0.2, 0.25) is 5.91 Å². The lowest BCUT2D eigenvalue weighted by atomic mass is 10.1. The highest BCUT2D eigenvalue weighted by molar-refractivity contribution is 7.80. The van der Waals surface area contributed by atoms with E-state index in [0.717, 1.165) is 16.5 Å². The highest BCUT2D eigenvalue weighted by Crippen LogP contribution is 2.18. The molecule has 20 heavy (non-hydrogen) atoms. The number of amides is 1. The van der Waals surface area contributed by atoms with Crippen LogP contribution in [0.5, 0.6) is 0 Å². The Bertz CT molecular complexity index is 660. The van der Waals surface area contributed by atoms with E-state index >= 15 is 0 Å². The molecule has 1 aromatic carbocycles. The van der Waals surface area contributed by atoms with Crippen molar-refractivity contribution in [3.05, 3.63) is 36.0 Å². The van der Waals surface area contributed by atoms with E-state index in [4.69, 9.17) is 18.0 Å². The zero-order chi connectivity index (χ0) is 14.9. The van der Waals surface area contributed by atoms with Crippen LogP contribution in [0.1, 0.15) is 19.4 Å². The van der Waals surface area contributed by atoms with Crippen molar-refractivity contribution < 1.29 is 4.79 Å². The zero-order valence-electron chi connectivity index (χ0n) is 12.0. The first-order chi connectivity index (χ1) is 9.40. The summed E-state index contributed by atoms with van der Waals surface area (Å²) < 4.78 is 1.94. The van der Waals surface area contributed by atoms with Crippen LogP contribution in [0.15, 0.2) is 30.5 Å². The third kappa shape index (κ3) is 2.82. The van der Waals surface area contributed by atoms with Gasteiger partial charge in [-0.15, -0.1) is 0 Å². The number of carbonyl (C=O) groups excluding carboxylic acids is 1. The molecule has 5 heteroatoms. The summed E-state index contributed by atoms with van der Waals surface area (Å²) in [5, 5.41) is 1.04. The van der Waals surface area contributed by atoms with Crippen LogP contribution in [0.25, 0.3) is 10.9 Å². The number of benzene rings is 1. The molecule has 0 saturated carbocycles. The number of aromatic nitrogens is 1. The van der Waals surface area contributed by atoms with Crippen molar-refractivity contribution in [3.8, 4) is 0 Å². The summed E-state index contributed by atoms with van der Waals surface area (Å²) in [7, 11) is 1.82. The molecule has 0 fully saturated rings. The molecular formula is C15H19N3OS. The molecule has 0 spiro atoms. The Morgan fingerprint density at radius 2 is 2.10 bits per heavy atom. The largest absolute Gasteiger partial charge is 0.389 e. The molecule has 0 aliphatic carbocycles. The molecule has 1 amide bonds. The highest BCUT2D eigenvalue weighted by atomic mass is 32.1. The second kappa shape index (κ2) is 5.63. The van der Waals surface area contributed by atoms with E-state index in [1.54, 1.807) is 4.90 Å². The van der Waals surface area contributed by atoms with Gasteiger partial charge < -0.3 is 15.2 Å². The number of rotatable bonds is 4. The number of nitrogens with zero attached hydrogens (tertiary/aromatic N) is 2. The first kappa shape index (κ1) is 14.5. The molecule has 0 aliphatic rings. The van der Waals surface area contributed by atoms with Crippen LogP contribution in [-0.4, -0.2) is 33.5 Å². The fraction of sp³-hybridized carbons (Fsp3) is 0.333. The maximum Gasteiger partial charge on any atom is 0.242 e. The van der Waals surface area contributed by atoms with Crippen LogP contribution in [-0.2, 0) is 11.3 Å². The SMILES string of the molecule is CC(C)N(C)C(=O)Cn1ccc2cc(C(N)=S)ccc21. The molecule has 0 unspecified atom stereocenters. The fourth-order valence-electron chi connectivity index (χ4n) is 2.04. The van der Waals surface area contributed by atoms with Gasteiger partial charge in [0.15, 0.2) is 0 Å². The lowest BCUT2D eigenvalue weighted by molar-refractivity contribution is -0.131. The highest BCUT2D eigenvalue weighted by Gasteiger charge is 2.13. The van der Waals surface area contributed by atoms with E-state index in [-0.39, 0.29) is 11.9 Å². The molecule has 2 N–H and O–H groups in total. The van der Waals surface area contributed by atoms with Crippen LogP contribution in [0.4, 0.5) is 0 Å². The first-order valence-corrected chi connectivity index (χ1v) is 6.95. The molecule has 1 aromatic heterocycles. The van der Waals surface area contributed by atoms with Crippen molar-refractivity contribution in [1.29, 1.82) is 0 Å². The van der Waals surface area contributed by atoms with E-state index < -0.39 is 0 Å². The number of fused-ring (bicyclic) bond motifs is 1. The van der Waals surface area contributed by atoms with Gasteiger partial charge in [-0.3, -0.25) is 4.79 Å². The van der Waals surface area contributed by atoms with Crippen LogP contribution in [0.3, 0.4) is 0 Å². The summed E-state index contributed by atoms with van der Waals surface area (Å²) in [6.07, 6.45) is 1.92. The predicted molar refractivity (Wildman–Crippen MR) is 85.7 cm³/mol. The summed E-state index contributed by atoms with van der Waals surface area (Å²) in [6, 6.07) is 7.96. The summed E-state index contributed by atoms with van der Waals surface area (Å²) in [4.78, 5) is 14.3. The minimum Gasteiger partial charge on any atom is -0.389 e. The lowest BCUT2D eigenvalue weighted by Gasteiger charge is -2.21. The average Bonchev–Trinajstić information content (AvgIpc) is 2.80. The number of likely N-dealkylation sites (N-methyl/N-ethyl adjacent to an activating group) is 1. The standard InChI is InChI=1S/C15H19N3OS/c1-10(2)17(3)14(19)9-18-7-6-11-8-12(15(16)20)4-5-13(11)18/h4-8,10H,9H2,1-3H3,(H2,16,20). The maximum atomic E-state index is 12.1. The molecule has 2 aromatic rings. The van der Waals surface area contributed by atoms with Crippen molar-refractivity contribution in [2.45, 2.75) is 26.4 Å². The number of nitrogens with two attached hydrogens (primary N) is 1.